The molecule has 1 fully saturated rings. The van der Waals surface area contributed by atoms with Gasteiger partial charge < -0.3 is 14.8 Å². The average Bonchev–Trinajstić information content (AvgIpc) is 2.45. The van der Waals surface area contributed by atoms with Crippen LogP contribution in [0.5, 0.6) is 5.75 Å². The van der Waals surface area contributed by atoms with Crippen LogP contribution in [-0.2, 0) is 4.74 Å². The van der Waals surface area contributed by atoms with Gasteiger partial charge in [0.2, 0.25) is 0 Å². The van der Waals surface area contributed by atoms with Crippen LogP contribution in [0.25, 0.3) is 0 Å². The van der Waals surface area contributed by atoms with Crippen LogP contribution in [0, 0.1) is 5.82 Å². The van der Waals surface area contributed by atoms with Crippen molar-refractivity contribution in [2.24, 2.45) is 0 Å². The number of rotatable bonds is 5. The summed E-state index contributed by atoms with van der Waals surface area (Å²) in [6.07, 6.45) is 3.46. The van der Waals surface area contributed by atoms with E-state index in [1.54, 1.807) is 6.07 Å². The zero-order chi connectivity index (χ0) is 13.7. The molecular weight excluding hydrogens is 245 g/mol. The molecule has 0 spiro atoms. The summed E-state index contributed by atoms with van der Waals surface area (Å²) in [4.78, 5) is 0. The monoisotopic (exact) mass is 267 g/mol. The fourth-order valence-electron chi connectivity index (χ4n) is 2.33. The van der Waals surface area contributed by atoms with Gasteiger partial charge in [0.15, 0.2) is 0 Å². The summed E-state index contributed by atoms with van der Waals surface area (Å²) in [5.74, 6) is 0.375. The van der Waals surface area contributed by atoms with Gasteiger partial charge in [-0.3, -0.25) is 0 Å². The molecule has 1 aliphatic rings. The lowest BCUT2D eigenvalue weighted by Gasteiger charge is -2.24. The molecule has 2 unspecified atom stereocenters. The van der Waals surface area contributed by atoms with Crippen molar-refractivity contribution < 1.29 is 13.9 Å². The molecule has 0 bridgehead atoms. The maximum absolute atomic E-state index is 13.9. The van der Waals surface area contributed by atoms with E-state index in [-0.39, 0.29) is 18.0 Å². The molecule has 1 N–H and O–H groups in total. The molecule has 19 heavy (non-hydrogen) atoms. The van der Waals surface area contributed by atoms with E-state index < -0.39 is 0 Å². The first-order chi connectivity index (χ1) is 9.22. The quantitative estimate of drug-likeness (QED) is 0.889. The van der Waals surface area contributed by atoms with E-state index in [1.165, 1.54) is 12.5 Å². The fourth-order valence-corrected chi connectivity index (χ4v) is 2.33. The van der Waals surface area contributed by atoms with Gasteiger partial charge in [-0.1, -0.05) is 6.07 Å². The molecule has 1 saturated heterocycles. The second-order valence-electron chi connectivity index (χ2n) is 4.96. The SMILES string of the molecule is CNC(C)c1c(F)cccc1OCC1CCCCO1. The normalized spacial score (nSPS) is 21.1. The minimum atomic E-state index is -0.232. The molecule has 0 radical (unpaired) electrons. The summed E-state index contributed by atoms with van der Waals surface area (Å²) in [5.41, 5.74) is 0.584. The molecule has 1 aromatic rings. The van der Waals surface area contributed by atoms with Crippen molar-refractivity contribution >= 4 is 0 Å². The van der Waals surface area contributed by atoms with Crippen LogP contribution in [0.15, 0.2) is 18.2 Å². The molecule has 0 aliphatic carbocycles. The van der Waals surface area contributed by atoms with Gasteiger partial charge in [-0.15, -0.1) is 0 Å². The highest BCUT2D eigenvalue weighted by molar-refractivity contribution is 5.37. The Kier molecular flexibility index (Phi) is 5.16. The smallest absolute Gasteiger partial charge is 0.131 e. The van der Waals surface area contributed by atoms with E-state index in [4.69, 9.17) is 9.47 Å². The van der Waals surface area contributed by atoms with E-state index in [0.29, 0.717) is 17.9 Å². The zero-order valence-electron chi connectivity index (χ0n) is 11.6. The molecule has 4 heteroatoms. The van der Waals surface area contributed by atoms with Gasteiger partial charge in [0.1, 0.15) is 18.2 Å². The highest BCUT2D eigenvalue weighted by atomic mass is 19.1. The van der Waals surface area contributed by atoms with Crippen LogP contribution in [0.3, 0.4) is 0 Å². The maximum Gasteiger partial charge on any atom is 0.131 e. The third-order valence-corrected chi connectivity index (χ3v) is 3.58. The Morgan fingerprint density at radius 1 is 1.47 bits per heavy atom. The first kappa shape index (κ1) is 14.3. The number of nitrogens with one attached hydrogen (secondary N) is 1. The van der Waals surface area contributed by atoms with Crippen LogP contribution in [0.2, 0.25) is 0 Å². The molecule has 1 aliphatic heterocycles. The van der Waals surface area contributed by atoms with Crippen LogP contribution >= 0.6 is 0 Å². The minimum Gasteiger partial charge on any atom is -0.490 e. The Morgan fingerprint density at radius 3 is 3.00 bits per heavy atom. The molecule has 0 saturated carbocycles. The first-order valence-corrected chi connectivity index (χ1v) is 6.92. The van der Waals surface area contributed by atoms with E-state index in [0.717, 1.165) is 19.4 Å². The third kappa shape index (κ3) is 3.67. The van der Waals surface area contributed by atoms with E-state index in [1.807, 2.05) is 20.0 Å². The largest absolute Gasteiger partial charge is 0.490 e. The number of ether oxygens (including phenoxy) is 2. The molecule has 1 heterocycles. The molecule has 2 atom stereocenters. The summed E-state index contributed by atoms with van der Waals surface area (Å²) in [6, 6.07) is 4.88. The predicted octanol–water partition coefficient (Wildman–Crippen LogP) is 3.05. The first-order valence-electron chi connectivity index (χ1n) is 6.92. The molecule has 1 aromatic carbocycles. The molecule has 0 aromatic heterocycles. The second kappa shape index (κ2) is 6.87. The van der Waals surface area contributed by atoms with Gasteiger partial charge in [0, 0.05) is 18.2 Å². The van der Waals surface area contributed by atoms with Gasteiger partial charge in [0.25, 0.3) is 0 Å². The van der Waals surface area contributed by atoms with E-state index >= 15 is 0 Å². The summed E-state index contributed by atoms with van der Waals surface area (Å²) in [5, 5.41) is 3.05. The highest BCUT2D eigenvalue weighted by Gasteiger charge is 2.18. The van der Waals surface area contributed by atoms with Gasteiger partial charge in [-0.2, -0.15) is 0 Å². The Labute approximate surface area is 114 Å². The van der Waals surface area contributed by atoms with E-state index in [2.05, 4.69) is 5.32 Å². The van der Waals surface area contributed by atoms with Crippen molar-refractivity contribution in [2.75, 3.05) is 20.3 Å². The van der Waals surface area contributed by atoms with Crippen LogP contribution in [0.1, 0.15) is 37.8 Å². The van der Waals surface area contributed by atoms with Crippen molar-refractivity contribution in [1.29, 1.82) is 0 Å². The lowest BCUT2D eigenvalue weighted by atomic mass is 10.1. The van der Waals surface area contributed by atoms with Gasteiger partial charge in [0.05, 0.1) is 6.10 Å². The summed E-state index contributed by atoms with van der Waals surface area (Å²) < 4.78 is 25.3. The molecule has 2 rings (SSSR count). The van der Waals surface area contributed by atoms with Gasteiger partial charge in [-0.05, 0) is 45.4 Å². The van der Waals surface area contributed by atoms with Crippen molar-refractivity contribution in [3.8, 4) is 5.75 Å². The Balaban J connectivity index is 2.04. The van der Waals surface area contributed by atoms with Crippen molar-refractivity contribution in [1.82, 2.24) is 5.32 Å². The molecule has 0 amide bonds. The lowest BCUT2D eigenvalue weighted by molar-refractivity contribution is -0.0113. The van der Waals surface area contributed by atoms with Crippen LogP contribution in [-0.4, -0.2) is 26.4 Å². The van der Waals surface area contributed by atoms with Gasteiger partial charge >= 0.3 is 0 Å². The zero-order valence-corrected chi connectivity index (χ0v) is 11.6. The van der Waals surface area contributed by atoms with Crippen LogP contribution < -0.4 is 10.1 Å². The van der Waals surface area contributed by atoms with Crippen LogP contribution in [0.4, 0.5) is 4.39 Å². The van der Waals surface area contributed by atoms with Crippen molar-refractivity contribution in [3.05, 3.63) is 29.6 Å². The lowest BCUT2D eigenvalue weighted by Crippen LogP contribution is -2.26. The third-order valence-electron chi connectivity index (χ3n) is 3.58. The topological polar surface area (TPSA) is 30.5 Å². The number of halogens is 1. The Morgan fingerprint density at radius 2 is 2.32 bits per heavy atom. The maximum atomic E-state index is 13.9. The Hall–Kier alpha value is -1.13. The summed E-state index contributed by atoms with van der Waals surface area (Å²) in [7, 11) is 1.81. The number of hydrogen-bond donors (Lipinski definition) is 1. The summed E-state index contributed by atoms with van der Waals surface area (Å²) in [6.45, 7) is 3.21. The highest BCUT2D eigenvalue weighted by Crippen LogP contribution is 2.28. The average molecular weight is 267 g/mol. The minimum absolute atomic E-state index is 0.0801. The number of benzene rings is 1. The summed E-state index contributed by atoms with van der Waals surface area (Å²) >= 11 is 0. The van der Waals surface area contributed by atoms with Gasteiger partial charge in [-0.25, -0.2) is 4.39 Å². The molecular formula is C15H22FNO2. The molecule has 3 nitrogen and oxygen atoms in total. The van der Waals surface area contributed by atoms with E-state index in [9.17, 15) is 4.39 Å². The Bertz CT molecular complexity index is 405. The second-order valence-corrected chi connectivity index (χ2v) is 4.96. The van der Waals surface area contributed by atoms with Crippen molar-refractivity contribution in [2.45, 2.75) is 38.3 Å². The standard InChI is InChI=1S/C15H22FNO2/c1-11(17-2)15-13(16)7-5-8-14(15)19-10-12-6-3-4-9-18-12/h5,7-8,11-12,17H,3-4,6,9-10H2,1-2H3. The predicted molar refractivity (Wildman–Crippen MR) is 73.0 cm³/mol. The van der Waals surface area contributed by atoms with Crippen molar-refractivity contribution in [3.63, 3.8) is 0 Å². The fraction of sp³-hybridized carbons (Fsp3) is 0.600. The number of hydrogen-bond acceptors (Lipinski definition) is 3. The molecule has 106 valence electrons.